The Morgan fingerprint density at radius 1 is 1.33 bits per heavy atom. The van der Waals surface area contributed by atoms with Crippen LogP contribution in [-0.4, -0.2) is 31.0 Å². The molecular weight excluding hydrogens is 376 g/mol. The largest absolute Gasteiger partial charge is 0.504 e. The van der Waals surface area contributed by atoms with Crippen molar-refractivity contribution in [1.82, 2.24) is 0 Å². The maximum atomic E-state index is 11.4. The third-order valence-corrected chi connectivity index (χ3v) is 3.77. The Labute approximate surface area is 148 Å². The molecule has 0 radical (unpaired) electrons. The highest BCUT2D eigenvalue weighted by atomic mass is 79.9. The quantitative estimate of drug-likeness (QED) is 0.444. The third-order valence-electron chi connectivity index (χ3n) is 3.08. The van der Waals surface area contributed by atoms with Crippen LogP contribution in [0.25, 0.3) is 0 Å². The molecule has 0 aliphatic carbocycles. The fourth-order valence-corrected chi connectivity index (χ4v) is 2.34. The minimum atomic E-state index is -0.387. The van der Waals surface area contributed by atoms with E-state index in [0.717, 1.165) is 11.3 Å². The van der Waals surface area contributed by atoms with Gasteiger partial charge in [-0.15, -0.1) is 0 Å². The number of carbonyl (C=O) groups excluding carboxylic acids is 1. The Balaban J connectivity index is 2.08. The zero-order chi connectivity index (χ0) is 17.5. The second kappa shape index (κ2) is 8.35. The van der Waals surface area contributed by atoms with Crippen LogP contribution in [0.4, 0.5) is 5.69 Å². The molecule has 0 heterocycles. The minimum Gasteiger partial charge on any atom is -0.504 e. The number of halogens is 1. The van der Waals surface area contributed by atoms with Crippen molar-refractivity contribution < 1.29 is 19.4 Å². The molecule has 0 aliphatic heterocycles. The van der Waals surface area contributed by atoms with Gasteiger partial charge in [0, 0.05) is 10.0 Å². The number of nitrogens with zero attached hydrogens (tertiary/aromatic N) is 1. The number of phenolic OH excluding ortho intramolecular Hbond substituents is 1. The molecule has 0 aromatic heterocycles. The molecule has 0 amide bonds. The molecule has 0 unspecified atom stereocenters. The summed E-state index contributed by atoms with van der Waals surface area (Å²) in [7, 11) is 1.34. The third kappa shape index (κ3) is 4.48. The van der Waals surface area contributed by atoms with Crippen LogP contribution in [0.3, 0.4) is 0 Å². The van der Waals surface area contributed by atoms with Gasteiger partial charge in [0.1, 0.15) is 0 Å². The van der Waals surface area contributed by atoms with Crippen molar-refractivity contribution in [3.8, 4) is 11.5 Å². The van der Waals surface area contributed by atoms with Crippen molar-refractivity contribution in [1.29, 1.82) is 0 Å². The summed E-state index contributed by atoms with van der Waals surface area (Å²) < 4.78 is 10.7. The lowest BCUT2D eigenvalue weighted by Crippen LogP contribution is -2.01. The minimum absolute atomic E-state index is 0.0623. The number of benzene rings is 2. The van der Waals surface area contributed by atoms with Crippen molar-refractivity contribution in [2.75, 3.05) is 19.1 Å². The van der Waals surface area contributed by atoms with Gasteiger partial charge in [-0.3, -0.25) is 5.43 Å². The number of hydrogen-bond donors (Lipinski definition) is 2. The van der Waals surface area contributed by atoms with Gasteiger partial charge in [0.2, 0.25) is 0 Å². The lowest BCUT2D eigenvalue weighted by Gasteiger charge is -2.08. The molecule has 0 saturated carbocycles. The van der Waals surface area contributed by atoms with Crippen LogP contribution < -0.4 is 10.2 Å². The number of esters is 1. The van der Waals surface area contributed by atoms with Gasteiger partial charge in [0.15, 0.2) is 11.5 Å². The summed E-state index contributed by atoms with van der Waals surface area (Å²) >= 11 is 3.37. The van der Waals surface area contributed by atoms with Crippen LogP contribution in [0, 0.1) is 0 Å². The van der Waals surface area contributed by atoms with Crippen molar-refractivity contribution in [2.24, 2.45) is 5.10 Å². The van der Waals surface area contributed by atoms with Crippen LogP contribution in [0.15, 0.2) is 46.0 Å². The molecule has 0 aliphatic rings. The molecule has 6 nitrogen and oxygen atoms in total. The highest BCUT2D eigenvalue weighted by molar-refractivity contribution is 9.10. The van der Waals surface area contributed by atoms with Crippen molar-refractivity contribution >= 4 is 33.8 Å². The van der Waals surface area contributed by atoms with Gasteiger partial charge >= 0.3 is 5.97 Å². The smallest absolute Gasteiger partial charge is 0.337 e. The predicted molar refractivity (Wildman–Crippen MR) is 96.0 cm³/mol. The van der Waals surface area contributed by atoms with E-state index < -0.39 is 0 Å². The average molecular weight is 393 g/mol. The van der Waals surface area contributed by atoms with E-state index >= 15 is 0 Å². The number of hydrogen-bond acceptors (Lipinski definition) is 6. The SMILES string of the molecule is CCOc1cc(C=NNc2ccc(C(=O)OC)cc2)c(Br)cc1O. The van der Waals surface area contributed by atoms with E-state index in [1.54, 1.807) is 42.6 Å². The number of hydrazone groups is 1. The number of nitrogens with one attached hydrogen (secondary N) is 1. The van der Waals surface area contributed by atoms with Crippen LogP contribution in [-0.2, 0) is 4.74 Å². The van der Waals surface area contributed by atoms with E-state index in [9.17, 15) is 9.90 Å². The number of ether oxygens (including phenoxy) is 2. The first-order valence-corrected chi connectivity index (χ1v) is 7.97. The van der Waals surface area contributed by atoms with Gasteiger partial charge in [0.05, 0.1) is 31.2 Å². The van der Waals surface area contributed by atoms with E-state index in [0.29, 0.717) is 22.4 Å². The normalized spacial score (nSPS) is 10.6. The average Bonchev–Trinajstić information content (AvgIpc) is 2.58. The van der Waals surface area contributed by atoms with Crippen molar-refractivity contribution in [3.05, 3.63) is 52.0 Å². The summed E-state index contributed by atoms with van der Waals surface area (Å²) in [5.74, 6) is 0.0679. The monoisotopic (exact) mass is 392 g/mol. The topological polar surface area (TPSA) is 80.2 Å². The zero-order valence-corrected chi connectivity index (χ0v) is 14.8. The Hall–Kier alpha value is -2.54. The number of rotatable bonds is 6. The second-order valence-corrected chi connectivity index (χ2v) is 5.57. The molecule has 7 heteroatoms. The molecule has 2 aromatic carbocycles. The molecule has 24 heavy (non-hydrogen) atoms. The van der Waals surface area contributed by atoms with Crippen LogP contribution in [0.1, 0.15) is 22.8 Å². The Morgan fingerprint density at radius 3 is 2.67 bits per heavy atom. The first-order chi connectivity index (χ1) is 11.5. The van der Waals surface area contributed by atoms with Crippen LogP contribution in [0.2, 0.25) is 0 Å². The Kier molecular flexibility index (Phi) is 6.20. The maximum Gasteiger partial charge on any atom is 0.337 e. The van der Waals surface area contributed by atoms with Gasteiger partial charge in [-0.1, -0.05) is 0 Å². The lowest BCUT2D eigenvalue weighted by molar-refractivity contribution is 0.0601. The number of carbonyl (C=O) groups is 1. The summed E-state index contributed by atoms with van der Waals surface area (Å²) in [6.07, 6.45) is 1.60. The molecule has 0 atom stereocenters. The van der Waals surface area contributed by atoms with E-state index in [1.807, 2.05) is 6.92 Å². The van der Waals surface area contributed by atoms with E-state index in [2.05, 4.69) is 31.2 Å². The summed E-state index contributed by atoms with van der Waals surface area (Å²) in [6, 6.07) is 9.98. The molecule has 126 valence electrons. The number of phenols is 1. The number of methoxy groups -OCH3 is 1. The maximum absolute atomic E-state index is 11.4. The van der Waals surface area contributed by atoms with Crippen LogP contribution in [0.5, 0.6) is 11.5 Å². The highest BCUT2D eigenvalue weighted by Gasteiger charge is 2.07. The van der Waals surface area contributed by atoms with Gasteiger partial charge in [0.25, 0.3) is 0 Å². The predicted octanol–water partition coefficient (Wildman–Crippen LogP) is 3.79. The highest BCUT2D eigenvalue weighted by Crippen LogP contribution is 2.31. The molecule has 0 bridgehead atoms. The summed E-state index contributed by atoms with van der Waals surface area (Å²) in [5.41, 5.74) is 4.80. The van der Waals surface area contributed by atoms with Gasteiger partial charge in [-0.05, 0) is 59.3 Å². The fraction of sp³-hybridized carbons (Fsp3) is 0.176. The Bertz CT molecular complexity index is 745. The second-order valence-electron chi connectivity index (χ2n) is 4.71. The molecule has 0 saturated heterocycles. The molecule has 0 spiro atoms. The van der Waals surface area contributed by atoms with Crippen molar-refractivity contribution in [2.45, 2.75) is 6.92 Å². The van der Waals surface area contributed by atoms with E-state index in [1.165, 1.54) is 7.11 Å². The molecule has 2 aromatic rings. The standard InChI is InChI=1S/C17H17BrN2O4/c1-3-24-16-8-12(14(18)9-15(16)21)10-19-20-13-6-4-11(5-7-13)17(22)23-2/h4-10,20-21H,3H2,1-2H3. The van der Waals surface area contributed by atoms with E-state index in [-0.39, 0.29) is 11.7 Å². The van der Waals surface area contributed by atoms with Gasteiger partial charge < -0.3 is 14.6 Å². The summed E-state index contributed by atoms with van der Waals surface area (Å²) in [6.45, 7) is 2.30. The van der Waals surface area contributed by atoms with Gasteiger partial charge in [-0.2, -0.15) is 5.10 Å². The molecule has 0 fully saturated rings. The zero-order valence-electron chi connectivity index (χ0n) is 13.2. The summed E-state index contributed by atoms with van der Waals surface area (Å²) in [4.78, 5) is 11.4. The van der Waals surface area contributed by atoms with Gasteiger partial charge in [-0.25, -0.2) is 4.79 Å². The molecule has 2 rings (SSSR count). The lowest BCUT2D eigenvalue weighted by atomic mass is 10.2. The molecule has 2 N–H and O–H groups in total. The number of anilines is 1. The first kappa shape index (κ1) is 17.8. The molecular formula is C17H17BrN2O4. The first-order valence-electron chi connectivity index (χ1n) is 7.18. The Morgan fingerprint density at radius 2 is 2.04 bits per heavy atom. The summed E-state index contributed by atoms with van der Waals surface area (Å²) in [5, 5.41) is 13.9. The number of aromatic hydroxyl groups is 1. The fourth-order valence-electron chi connectivity index (χ4n) is 1.90. The van der Waals surface area contributed by atoms with Crippen LogP contribution >= 0.6 is 15.9 Å². The van der Waals surface area contributed by atoms with E-state index in [4.69, 9.17) is 4.74 Å². The van der Waals surface area contributed by atoms with Crippen molar-refractivity contribution in [3.63, 3.8) is 0 Å².